The summed E-state index contributed by atoms with van der Waals surface area (Å²) in [5.74, 6) is -3.21. The molecule has 3 aromatic rings. The summed E-state index contributed by atoms with van der Waals surface area (Å²) in [5, 5.41) is 22.4. The maximum absolute atomic E-state index is 13.7. The Labute approximate surface area is 299 Å². The number of ether oxygens (including phenoxy) is 2. The lowest BCUT2D eigenvalue weighted by Crippen LogP contribution is -2.55. The number of aliphatic hydroxyl groups excluding tert-OH is 1. The number of nitrogens with one attached hydrogen (secondary N) is 4. The highest BCUT2D eigenvalue weighted by molar-refractivity contribution is 5.91. The van der Waals surface area contributed by atoms with E-state index in [1.807, 2.05) is 78.9 Å². The highest BCUT2D eigenvalue weighted by atomic mass is 16.5. The van der Waals surface area contributed by atoms with Crippen LogP contribution in [0, 0.1) is 11.8 Å². The van der Waals surface area contributed by atoms with Gasteiger partial charge < -0.3 is 35.8 Å². The summed E-state index contributed by atoms with van der Waals surface area (Å²) in [6.07, 6.45) is -1.53. The normalized spacial score (nSPS) is 14.5. The molecular weight excluding hydrogens is 652 g/mol. The van der Waals surface area contributed by atoms with Crippen molar-refractivity contribution in [1.82, 2.24) is 21.3 Å². The van der Waals surface area contributed by atoms with Crippen LogP contribution in [0.5, 0.6) is 0 Å². The molecule has 3 rings (SSSR count). The summed E-state index contributed by atoms with van der Waals surface area (Å²) in [4.78, 5) is 64.8. The number of carbonyl (C=O) groups excluding carboxylic acids is 5. The van der Waals surface area contributed by atoms with Crippen LogP contribution in [0.25, 0.3) is 0 Å². The third kappa shape index (κ3) is 13.5. The molecule has 4 amide bonds. The maximum atomic E-state index is 13.7. The van der Waals surface area contributed by atoms with Gasteiger partial charge in [0.15, 0.2) is 0 Å². The number of rotatable bonds is 18. The summed E-state index contributed by atoms with van der Waals surface area (Å²) in [7, 11) is 1.26. The molecule has 3 aromatic carbocycles. The zero-order valence-corrected chi connectivity index (χ0v) is 29.8. The Hall–Kier alpha value is -5.23. The fourth-order valence-electron chi connectivity index (χ4n) is 5.40. The lowest BCUT2D eigenvalue weighted by Gasteiger charge is -2.30. The Morgan fingerprint density at radius 1 is 0.627 bits per heavy atom. The van der Waals surface area contributed by atoms with Gasteiger partial charge in [0.05, 0.1) is 19.3 Å². The van der Waals surface area contributed by atoms with E-state index in [0.717, 1.165) is 16.7 Å². The molecule has 6 atom stereocenters. The molecule has 51 heavy (non-hydrogen) atoms. The van der Waals surface area contributed by atoms with E-state index >= 15 is 0 Å². The minimum absolute atomic E-state index is 0.0302. The number of carbonyl (C=O) groups is 5. The minimum Gasteiger partial charge on any atom is -0.467 e. The van der Waals surface area contributed by atoms with E-state index in [1.54, 1.807) is 26.0 Å². The largest absolute Gasteiger partial charge is 0.467 e. The Morgan fingerprint density at radius 2 is 1.12 bits per heavy atom. The van der Waals surface area contributed by atoms with Crippen molar-refractivity contribution in [3.05, 3.63) is 108 Å². The molecule has 274 valence electrons. The molecule has 0 radical (unpaired) electrons. The first-order valence-electron chi connectivity index (χ1n) is 17.1. The van der Waals surface area contributed by atoms with Gasteiger partial charge in [-0.3, -0.25) is 14.4 Å². The van der Waals surface area contributed by atoms with E-state index in [1.165, 1.54) is 21.0 Å². The van der Waals surface area contributed by atoms with E-state index in [-0.39, 0.29) is 31.8 Å². The van der Waals surface area contributed by atoms with Gasteiger partial charge in [-0.2, -0.15) is 0 Å². The zero-order valence-electron chi connectivity index (χ0n) is 29.8. The van der Waals surface area contributed by atoms with Gasteiger partial charge in [0.1, 0.15) is 24.7 Å². The predicted octanol–water partition coefficient (Wildman–Crippen LogP) is 3.46. The Morgan fingerprint density at radius 3 is 1.65 bits per heavy atom. The molecule has 1 unspecified atom stereocenters. The second-order valence-electron chi connectivity index (χ2n) is 12.9. The quantitative estimate of drug-likeness (QED) is 0.126. The summed E-state index contributed by atoms with van der Waals surface area (Å²) in [6.45, 7) is 6.58. The van der Waals surface area contributed by atoms with Crippen LogP contribution in [0.3, 0.4) is 0 Å². The number of hydrogen-bond acceptors (Lipinski definition) is 8. The third-order valence-electron chi connectivity index (χ3n) is 8.42. The zero-order chi connectivity index (χ0) is 37.3. The van der Waals surface area contributed by atoms with Crippen LogP contribution in [0.4, 0.5) is 4.79 Å². The number of aliphatic hydroxyl groups is 1. The molecule has 0 heterocycles. The van der Waals surface area contributed by atoms with Crippen LogP contribution in [-0.4, -0.2) is 72.3 Å². The smallest absolute Gasteiger partial charge is 0.408 e. The second-order valence-corrected chi connectivity index (χ2v) is 12.9. The molecule has 0 bridgehead atoms. The van der Waals surface area contributed by atoms with Crippen molar-refractivity contribution in [2.75, 3.05) is 7.11 Å². The molecule has 5 N–H and O–H groups in total. The standard InChI is InChI=1S/C39H50N4O8/c1-25(2)34(38(48)50-5)43-37(47)31(21-28-15-9-6-10-16-28)23-33(44)32(22-29-17-11-7-12-18-29)42-36(46)26(3)40-35(45)27(4)41-39(49)51-24-30-19-13-8-14-20-30/h6-20,25-27,31-34,44H,21-24H2,1-5H3,(H,40,45)(H,41,49)(H,42,46)(H,43,47)/t26-,27-,31?,32-,33-,34+/m0/s1. The van der Waals surface area contributed by atoms with Gasteiger partial charge in [0.2, 0.25) is 17.7 Å². The first-order chi connectivity index (χ1) is 24.4. The van der Waals surface area contributed by atoms with E-state index < -0.39 is 66.0 Å². The van der Waals surface area contributed by atoms with Crippen molar-refractivity contribution in [2.45, 2.75) is 83.8 Å². The second kappa shape index (κ2) is 20.4. The maximum Gasteiger partial charge on any atom is 0.408 e. The van der Waals surface area contributed by atoms with Gasteiger partial charge >= 0.3 is 12.1 Å². The predicted molar refractivity (Wildman–Crippen MR) is 192 cm³/mol. The number of hydrogen-bond donors (Lipinski definition) is 5. The summed E-state index contributed by atoms with van der Waals surface area (Å²) in [6, 6.07) is 23.9. The molecule has 0 fully saturated rings. The lowest BCUT2D eigenvalue weighted by molar-refractivity contribution is -0.147. The lowest BCUT2D eigenvalue weighted by atomic mass is 9.88. The Kier molecular flexibility index (Phi) is 16.1. The fourth-order valence-corrected chi connectivity index (χ4v) is 5.40. The van der Waals surface area contributed by atoms with Crippen molar-refractivity contribution in [2.24, 2.45) is 11.8 Å². The van der Waals surface area contributed by atoms with E-state index in [4.69, 9.17) is 9.47 Å². The monoisotopic (exact) mass is 702 g/mol. The van der Waals surface area contributed by atoms with Crippen molar-refractivity contribution >= 4 is 29.8 Å². The van der Waals surface area contributed by atoms with E-state index in [2.05, 4.69) is 21.3 Å². The molecule has 0 aromatic heterocycles. The third-order valence-corrected chi connectivity index (χ3v) is 8.42. The molecule has 0 aliphatic carbocycles. The van der Waals surface area contributed by atoms with Crippen LogP contribution < -0.4 is 21.3 Å². The van der Waals surface area contributed by atoms with Gasteiger partial charge in [0.25, 0.3) is 0 Å². The number of amides is 4. The van der Waals surface area contributed by atoms with Crippen molar-refractivity contribution in [3.63, 3.8) is 0 Å². The van der Waals surface area contributed by atoms with Gasteiger partial charge in [-0.25, -0.2) is 9.59 Å². The van der Waals surface area contributed by atoms with E-state index in [9.17, 15) is 29.1 Å². The van der Waals surface area contributed by atoms with Gasteiger partial charge in [0, 0.05) is 5.92 Å². The Bertz CT molecular complexity index is 1560. The van der Waals surface area contributed by atoms with Gasteiger partial charge in [-0.15, -0.1) is 0 Å². The molecule has 0 aliphatic heterocycles. The van der Waals surface area contributed by atoms with Crippen molar-refractivity contribution in [1.29, 1.82) is 0 Å². The summed E-state index contributed by atoms with van der Waals surface area (Å²) >= 11 is 0. The average molecular weight is 703 g/mol. The first-order valence-corrected chi connectivity index (χ1v) is 17.1. The molecule has 12 heteroatoms. The molecular formula is C39H50N4O8. The highest BCUT2D eigenvalue weighted by Gasteiger charge is 2.33. The number of alkyl carbamates (subject to hydrolysis) is 1. The average Bonchev–Trinajstić information content (AvgIpc) is 3.12. The topological polar surface area (TPSA) is 172 Å². The van der Waals surface area contributed by atoms with Crippen LogP contribution in [0.1, 0.15) is 50.8 Å². The minimum atomic E-state index is -1.20. The number of methoxy groups -OCH3 is 1. The molecule has 0 saturated heterocycles. The molecule has 0 aliphatic rings. The molecule has 12 nitrogen and oxygen atoms in total. The van der Waals surface area contributed by atoms with Crippen LogP contribution in [0.15, 0.2) is 91.0 Å². The van der Waals surface area contributed by atoms with E-state index in [0.29, 0.717) is 0 Å². The van der Waals surface area contributed by atoms with Crippen LogP contribution in [-0.2, 0) is 48.1 Å². The SMILES string of the molecule is COC(=O)[C@H](NC(=O)C(Cc1ccccc1)C[C@H](O)[C@H](Cc1ccccc1)NC(=O)[C@H](C)NC(=O)[C@H](C)NC(=O)OCc1ccccc1)C(C)C. The molecule has 0 spiro atoms. The first kappa shape index (κ1) is 40.2. The van der Waals surface area contributed by atoms with Crippen LogP contribution in [0.2, 0.25) is 0 Å². The number of esters is 1. The van der Waals surface area contributed by atoms with Gasteiger partial charge in [-0.05, 0) is 55.7 Å². The summed E-state index contributed by atoms with van der Waals surface area (Å²) < 4.78 is 10.1. The molecule has 0 saturated carbocycles. The van der Waals surface area contributed by atoms with Crippen molar-refractivity contribution < 1.29 is 38.6 Å². The number of benzene rings is 3. The highest BCUT2D eigenvalue weighted by Crippen LogP contribution is 2.20. The summed E-state index contributed by atoms with van der Waals surface area (Å²) in [5.41, 5.74) is 2.48. The Balaban J connectivity index is 1.71. The van der Waals surface area contributed by atoms with Crippen LogP contribution >= 0.6 is 0 Å². The fraction of sp³-hybridized carbons (Fsp3) is 0.410. The van der Waals surface area contributed by atoms with Crippen molar-refractivity contribution in [3.8, 4) is 0 Å². The van der Waals surface area contributed by atoms with Gasteiger partial charge in [-0.1, -0.05) is 105 Å².